The summed E-state index contributed by atoms with van der Waals surface area (Å²) in [6, 6.07) is 10.4. The smallest absolute Gasteiger partial charge is 0.161 e. The van der Waals surface area contributed by atoms with Gasteiger partial charge in [0.05, 0.1) is 14.2 Å². The fourth-order valence-corrected chi connectivity index (χ4v) is 2.40. The molecule has 21 heavy (non-hydrogen) atoms. The van der Waals surface area contributed by atoms with Crippen molar-refractivity contribution >= 4 is 15.9 Å². The summed E-state index contributed by atoms with van der Waals surface area (Å²) in [4.78, 5) is 0. The molecule has 0 bridgehead atoms. The highest BCUT2D eigenvalue weighted by Crippen LogP contribution is 2.27. The fourth-order valence-electron chi connectivity index (χ4n) is 2.01. The van der Waals surface area contributed by atoms with Crippen LogP contribution in [0.15, 0.2) is 40.9 Å². The normalized spacial score (nSPS) is 10.5. The number of methoxy groups -OCH3 is 2. The Labute approximate surface area is 132 Å². The van der Waals surface area contributed by atoms with Crippen molar-refractivity contribution in [1.82, 2.24) is 5.32 Å². The number of hydrogen-bond acceptors (Lipinski definition) is 3. The zero-order valence-electron chi connectivity index (χ0n) is 12.0. The molecule has 0 aliphatic carbocycles. The van der Waals surface area contributed by atoms with E-state index in [1.54, 1.807) is 20.3 Å². The van der Waals surface area contributed by atoms with Crippen LogP contribution in [-0.4, -0.2) is 14.2 Å². The molecule has 0 aromatic heterocycles. The zero-order valence-corrected chi connectivity index (χ0v) is 13.5. The molecule has 1 N–H and O–H groups in total. The average Bonchev–Trinajstić information content (AvgIpc) is 2.50. The van der Waals surface area contributed by atoms with E-state index in [-0.39, 0.29) is 5.82 Å². The lowest BCUT2D eigenvalue weighted by molar-refractivity contribution is 0.354. The number of benzene rings is 2. The molecule has 0 saturated heterocycles. The van der Waals surface area contributed by atoms with E-state index in [1.165, 1.54) is 12.1 Å². The Morgan fingerprint density at radius 1 is 1.00 bits per heavy atom. The molecule has 0 amide bonds. The highest BCUT2D eigenvalue weighted by atomic mass is 79.9. The minimum Gasteiger partial charge on any atom is -0.493 e. The van der Waals surface area contributed by atoms with E-state index in [0.717, 1.165) is 15.6 Å². The molecule has 0 aliphatic rings. The monoisotopic (exact) mass is 353 g/mol. The van der Waals surface area contributed by atoms with Crippen LogP contribution in [0.3, 0.4) is 0 Å². The van der Waals surface area contributed by atoms with Gasteiger partial charge in [-0.1, -0.05) is 22.0 Å². The first-order valence-corrected chi connectivity index (χ1v) is 7.29. The second-order valence-corrected chi connectivity index (χ2v) is 5.38. The molecular weight excluding hydrogens is 337 g/mol. The molecule has 0 spiro atoms. The van der Waals surface area contributed by atoms with Gasteiger partial charge in [-0.05, 0) is 41.5 Å². The molecule has 0 atom stereocenters. The highest BCUT2D eigenvalue weighted by molar-refractivity contribution is 9.10. The van der Waals surface area contributed by atoms with Gasteiger partial charge >= 0.3 is 0 Å². The standard InChI is InChI=1S/C16H17BrFNO2/c1-20-15-6-3-11(7-16(15)21-2)9-19-10-12-8-13(18)4-5-14(12)17/h3-8,19H,9-10H2,1-2H3. The van der Waals surface area contributed by atoms with Gasteiger partial charge in [0.2, 0.25) is 0 Å². The SMILES string of the molecule is COc1ccc(CNCc2cc(F)ccc2Br)cc1OC. The first-order valence-electron chi connectivity index (χ1n) is 6.49. The maximum atomic E-state index is 13.2. The highest BCUT2D eigenvalue weighted by Gasteiger charge is 2.05. The van der Waals surface area contributed by atoms with Crippen LogP contribution < -0.4 is 14.8 Å². The summed E-state index contributed by atoms with van der Waals surface area (Å²) >= 11 is 3.42. The van der Waals surface area contributed by atoms with Crippen molar-refractivity contribution in [2.24, 2.45) is 0 Å². The van der Waals surface area contributed by atoms with E-state index in [4.69, 9.17) is 9.47 Å². The van der Waals surface area contributed by atoms with Crippen molar-refractivity contribution in [2.75, 3.05) is 14.2 Å². The van der Waals surface area contributed by atoms with Crippen LogP contribution in [0.2, 0.25) is 0 Å². The molecule has 112 valence electrons. The lowest BCUT2D eigenvalue weighted by atomic mass is 10.2. The van der Waals surface area contributed by atoms with Gasteiger partial charge in [0.1, 0.15) is 5.82 Å². The number of hydrogen-bond donors (Lipinski definition) is 1. The molecule has 3 nitrogen and oxygen atoms in total. The first-order chi connectivity index (χ1) is 10.1. The van der Waals surface area contributed by atoms with Gasteiger partial charge in [0, 0.05) is 17.6 Å². The molecule has 0 aliphatic heterocycles. The van der Waals surface area contributed by atoms with Crippen LogP contribution in [0, 0.1) is 5.82 Å². The minimum absolute atomic E-state index is 0.235. The summed E-state index contributed by atoms with van der Waals surface area (Å²) in [6.07, 6.45) is 0. The van der Waals surface area contributed by atoms with E-state index in [1.807, 2.05) is 18.2 Å². The summed E-state index contributed by atoms with van der Waals surface area (Å²) < 4.78 is 24.6. The van der Waals surface area contributed by atoms with Crippen molar-refractivity contribution in [2.45, 2.75) is 13.1 Å². The molecule has 0 unspecified atom stereocenters. The third-order valence-corrected chi connectivity index (χ3v) is 3.87. The summed E-state index contributed by atoms with van der Waals surface area (Å²) in [5.41, 5.74) is 1.95. The summed E-state index contributed by atoms with van der Waals surface area (Å²) in [5.74, 6) is 1.17. The molecule has 0 heterocycles. The van der Waals surface area contributed by atoms with Gasteiger partial charge < -0.3 is 14.8 Å². The van der Waals surface area contributed by atoms with Crippen molar-refractivity contribution < 1.29 is 13.9 Å². The van der Waals surface area contributed by atoms with Gasteiger partial charge in [0.15, 0.2) is 11.5 Å². The minimum atomic E-state index is -0.235. The second kappa shape index (κ2) is 7.43. The number of rotatable bonds is 6. The van der Waals surface area contributed by atoms with E-state index >= 15 is 0 Å². The Morgan fingerprint density at radius 2 is 1.76 bits per heavy atom. The van der Waals surface area contributed by atoms with Crippen LogP contribution in [0.25, 0.3) is 0 Å². The van der Waals surface area contributed by atoms with E-state index in [9.17, 15) is 4.39 Å². The molecule has 0 saturated carbocycles. The molecule has 5 heteroatoms. The maximum Gasteiger partial charge on any atom is 0.161 e. The Kier molecular flexibility index (Phi) is 5.59. The van der Waals surface area contributed by atoms with E-state index < -0.39 is 0 Å². The summed E-state index contributed by atoms with van der Waals surface area (Å²) in [5, 5.41) is 3.28. The van der Waals surface area contributed by atoms with Crippen molar-refractivity contribution in [3.05, 3.63) is 57.8 Å². The average molecular weight is 354 g/mol. The second-order valence-electron chi connectivity index (χ2n) is 4.53. The van der Waals surface area contributed by atoms with Crippen molar-refractivity contribution in [1.29, 1.82) is 0 Å². The largest absolute Gasteiger partial charge is 0.493 e. The number of ether oxygens (including phenoxy) is 2. The quantitative estimate of drug-likeness (QED) is 0.854. The molecule has 0 fully saturated rings. The Balaban J connectivity index is 1.98. The molecule has 2 aromatic rings. The van der Waals surface area contributed by atoms with Gasteiger partial charge in [-0.2, -0.15) is 0 Å². The topological polar surface area (TPSA) is 30.5 Å². The Hall–Kier alpha value is -1.59. The predicted molar refractivity (Wildman–Crippen MR) is 84.2 cm³/mol. The van der Waals surface area contributed by atoms with Gasteiger partial charge in [-0.25, -0.2) is 4.39 Å². The first kappa shape index (κ1) is 15.8. The van der Waals surface area contributed by atoms with Gasteiger partial charge in [0.25, 0.3) is 0 Å². The predicted octanol–water partition coefficient (Wildman–Crippen LogP) is 3.90. The summed E-state index contributed by atoms with van der Waals surface area (Å²) in [7, 11) is 3.22. The zero-order chi connectivity index (χ0) is 15.2. The number of nitrogens with one attached hydrogen (secondary N) is 1. The molecule has 2 aromatic carbocycles. The van der Waals surface area contributed by atoms with Crippen LogP contribution in [0.1, 0.15) is 11.1 Å². The van der Waals surface area contributed by atoms with Crippen LogP contribution >= 0.6 is 15.9 Å². The van der Waals surface area contributed by atoms with E-state index in [0.29, 0.717) is 24.6 Å². The van der Waals surface area contributed by atoms with Crippen LogP contribution in [0.5, 0.6) is 11.5 Å². The van der Waals surface area contributed by atoms with Crippen molar-refractivity contribution in [3.63, 3.8) is 0 Å². The lowest BCUT2D eigenvalue weighted by Gasteiger charge is -2.11. The Morgan fingerprint density at radius 3 is 2.48 bits per heavy atom. The third-order valence-electron chi connectivity index (χ3n) is 3.10. The molecule has 0 radical (unpaired) electrons. The molecule has 2 rings (SSSR count). The fraction of sp³-hybridized carbons (Fsp3) is 0.250. The van der Waals surface area contributed by atoms with Crippen molar-refractivity contribution in [3.8, 4) is 11.5 Å². The van der Waals surface area contributed by atoms with Crippen LogP contribution in [0.4, 0.5) is 4.39 Å². The number of halogens is 2. The maximum absolute atomic E-state index is 13.2. The van der Waals surface area contributed by atoms with Crippen LogP contribution in [-0.2, 0) is 13.1 Å². The molecular formula is C16H17BrFNO2. The van der Waals surface area contributed by atoms with Gasteiger partial charge in [-0.3, -0.25) is 0 Å². The Bertz CT molecular complexity index is 619. The third kappa shape index (κ3) is 4.19. The van der Waals surface area contributed by atoms with Gasteiger partial charge in [-0.15, -0.1) is 0 Å². The summed E-state index contributed by atoms with van der Waals surface area (Å²) in [6.45, 7) is 1.23. The lowest BCUT2D eigenvalue weighted by Crippen LogP contribution is -2.13. The van der Waals surface area contributed by atoms with E-state index in [2.05, 4.69) is 21.2 Å².